The first kappa shape index (κ1) is 30.1. The topological polar surface area (TPSA) is 43.8 Å². The molecule has 3 aliphatic rings. The van der Waals surface area contributed by atoms with E-state index in [1.54, 1.807) is 0 Å². The van der Waals surface area contributed by atoms with Crippen LogP contribution in [0.25, 0.3) is 21.5 Å². The number of carbonyl (C=O) groups is 1. The van der Waals surface area contributed by atoms with Gasteiger partial charge in [0, 0.05) is 41.0 Å². The summed E-state index contributed by atoms with van der Waals surface area (Å²) < 4.78 is 0. The van der Waals surface area contributed by atoms with Crippen LogP contribution >= 0.6 is 0 Å². The van der Waals surface area contributed by atoms with Crippen LogP contribution in [0.4, 0.5) is 11.4 Å². The van der Waals surface area contributed by atoms with Gasteiger partial charge in [0.05, 0.1) is 11.5 Å². The maximum atomic E-state index is 12.9. The lowest BCUT2D eigenvalue weighted by atomic mass is 9.61. The molecule has 3 heterocycles. The Morgan fingerprint density at radius 3 is 2.09 bits per heavy atom. The summed E-state index contributed by atoms with van der Waals surface area (Å²) in [4.78, 5) is 17.7. The molecule has 3 aliphatic heterocycles. The van der Waals surface area contributed by atoms with E-state index in [-0.39, 0.29) is 5.41 Å². The molecule has 1 fully saturated rings. The summed E-state index contributed by atoms with van der Waals surface area (Å²) in [6.45, 7) is 13.1. The molecule has 4 aromatic carbocycles. The summed E-state index contributed by atoms with van der Waals surface area (Å²) in [7, 11) is 0. The Balaban J connectivity index is 1.20. The molecule has 0 bridgehead atoms. The number of carboxylic acid groups (broad SMARTS) is 1. The molecule has 2 unspecified atom stereocenters. The van der Waals surface area contributed by atoms with Gasteiger partial charge in [-0.2, -0.15) is 0 Å². The molecule has 0 radical (unpaired) electrons. The minimum absolute atomic E-state index is 0.122. The number of benzene rings is 4. The second-order valence-corrected chi connectivity index (χ2v) is 14.0. The fraction of sp³-hybridized carbons (Fsp3) is 0.310. The molecule has 1 N–H and O–H groups in total. The van der Waals surface area contributed by atoms with Gasteiger partial charge in [-0.1, -0.05) is 125 Å². The summed E-state index contributed by atoms with van der Waals surface area (Å²) in [5.41, 5.74) is 5.21. The predicted octanol–water partition coefficient (Wildman–Crippen LogP) is 9.69. The lowest BCUT2D eigenvalue weighted by Gasteiger charge is -2.52. The van der Waals surface area contributed by atoms with Crippen LogP contribution in [0.2, 0.25) is 0 Å². The van der Waals surface area contributed by atoms with Crippen molar-refractivity contribution in [2.45, 2.75) is 63.8 Å². The average molecular weight is 609 g/mol. The van der Waals surface area contributed by atoms with E-state index in [4.69, 9.17) is 0 Å². The molecule has 4 aromatic rings. The summed E-state index contributed by atoms with van der Waals surface area (Å²) in [6.07, 6.45) is 16.3. The van der Waals surface area contributed by atoms with E-state index in [2.05, 4.69) is 154 Å². The lowest BCUT2D eigenvalue weighted by Crippen LogP contribution is -2.63. The van der Waals surface area contributed by atoms with Crippen molar-refractivity contribution in [1.82, 2.24) is 0 Å². The van der Waals surface area contributed by atoms with Crippen molar-refractivity contribution < 1.29 is 9.90 Å². The lowest BCUT2D eigenvalue weighted by molar-refractivity contribution is -0.145. The SMILES string of the molecule is CCN1/C(=C/C=C/C=C/C=C/C23C(C(=O)O)CCCN2c2ccc4ccccc4c2C3(C)C)C(C)(C)c2c1ccc1ccccc21. The molecular formula is C42H44N2O2. The Labute approximate surface area is 273 Å². The van der Waals surface area contributed by atoms with Gasteiger partial charge in [-0.3, -0.25) is 4.79 Å². The highest BCUT2D eigenvalue weighted by Gasteiger charge is 2.62. The van der Waals surface area contributed by atoms with Gasteiger partial charge in [0.15, 0.2) is 0 Å². The number of hydrogen-bond acceptors (Lipinski definition) is 3. The number of aliphatic carboxylic acids is 1. The van der Waals surface area contributed by atoms with Gasteiger partial charge in [0.1, 0.15) is 0 Å². The van der Waals surface area contributed by atoms with Crippen LogP contribution in [0.3, 0.4) is 0 Å². The first-order valence-corrected chi connectivity index (χ1v) is 16.7. The van der Waals surface area contributed by atoms with E-state index in [9.17, 15) is 9.90 Å². The first-order valence-electron chi connectivity index (χ1n) is 16.7. The summed E-state index contributed by atoms with van der Waals surface area (Å²) in [5.74, 6) is -1.22. The third kappa shape index (κ3) is 4.22. The normalized spacial score (nSPS) is 24.1. The largest absolute Gasteiger partial charge is 0.481 e. The smallest absolute Gasteiger partial charge is 0.309 e. The summed E-state index contributed by atoms with van der Waals surface area (Å²) in [6, 6.07) is 26.1. The van der Waals surface area contributed by atoms with Crippen molar-refractivity contribution in [3.05, 3.63) is 132 Å². The van der Waals surface area contributed by atoms with E-state index in [0.29, 0.717) is 6.42 Å². The molecule has 46 heavy (non-hydrogen) atoms. The molecule has 4 heteroatoms. The fourth-order valence-electron chi connectivity index (χ4n) is 9.13. The summed E-state index contributed by atoms with van der Waals surface area (Å²) >= 11 is 0. The van der Waals surface area contributed by atoms with E-state index in [1.165, 1.54) is 49.7 Å². The predicted molar refractivity (Wildman–Crippen MR) is 193 cm³/mol. The number of rotatable bonds is 6. The van der Waals surface area contributed by atoms with Gasteiger partial charge in [-0.15, -0.1) is 0 Å². The number of likely N-dealkylation sites (N-methyl/N-ethyl adjacent to an activating group) is 1. The number of nitrogens with zero attached hydrogens (tertiary/aromatic N) is 2. The summed E-state index contributed by atoms with van der Waals surface area (Å²) in [5, 5.41) is 15.6. The third-order valence-corrected chi connectivity index (χ3v) is 11.1. The Kier molecular flexibility index (Phi) is 7.23. The number of fused-ring (bicyclic) bond motifs is 8. The maximum Gasteiger partial charge on any atom is 0.309 e. The zero-order valence-corrected chi connectivity index (χ0v) is 27.6. The highest BCUT2D eigenvalue weighted by Crippen LogP contribution is 2.60. The molecule has 0 aliphatic carbocycles. The minimum atomic E-state index is -0.719. The second-order valence-electron chi connectivity index (χ2n) is 14.0. The van der Waals surface area contributed by atoms with Crippen molar-refractivity contribution in [2.24, 2.45) is 5.92 Å². The Morgan fingerprint density at radius 2 is 1.41 bits per heavy atom. The molecule has 7 rings (SSSR count). The van der Waals surface area contributed by atoms with Crippen molar-refractivity contribution in [3.8, 4) is 0 Å². The van der Waals surface area contributed by atoms with E-state index >= 15 is 0 Å². The van der Waals surface area contributed by atoms with Crippen LogP contribution in [0.5, 0.6) is 0 Å². The molecule has 0 amide bonds. The van der Waals surface area contributed by atoms with Gasteiger partial charge < -0.3 is 14.9 Å². The maximum absolute atomic E-state index is 12.9. The van der Waals surface area contributed by atoms with E-state index < -0.39 is 22.8 Å². The standard InChI is InChI=1S/C42H44N2O2/c1-6-43-34-25-23-29-17-11-13-19-31(29)37(34)40(2,3)36(43)22-10-8-7-9-15-27-42-33(39(45)46)21-16-28-44(42)35-26-24-30-18-12-14-20-32(30)38(35)41(42,4)5/h7-15,17-20,22-27,33H,6,16,21,28H2,1-5H3,(H,45,46)/b9-7+,10-8+,27-15+,36-22+. The average Bonchev–Trinajstić information content (AvgIpc) is 3.40. The van der Waals surface area contributed by atoms with Crippen molar-refractivity contribution in [3.63, 3.8) is 0 Å². The molecule has 2 atom stereocenters. The molecule has 0 aromatic heterocycles. The highest BCUT2D eigenvalue weighted by atomic mass is 16.4. The first-order chi connectivity index (χ1) is 22.1. The van der Waals surface area contributed by atoms with Gasteiger partial charge in [-0.25, -0.2) is 0 Å². The molecule has 1 saturated heterocycles. The van der Waals surface area contributed by atoms with Gasteiger partial charge >= 0.3 is 5.97 Å². The molecule has 0 saturated carbocycles. The Hall–Kier alpha value is -4.57. The van der Waals surface area contributed by atoms with E-state index in [0.717, 1.165) is 19.5 Å². The van der Waals surface area contributed by atoms with Crippen LogP contribution < -0.4 is 9.80 Å². The molecule has 234 valence electrons. The highest BCUT2D eigenvalue weighted by molar-refractivity contribution is 5.96. The van der Waals surface area contributed by atoms with Crippen LogP contribution in [0.15, 0.2) is 121 Å². The van der Waals surface area contributed by atoms with Crippen LogP contribution in [0, 0.1) is 5.92 Å². The van der Waals surface area contributed by atoms with Crippen molar-refractivity contribution in [2.75, 3.05) is 22.9 Å². The molecule has 4 nitrogen and oxygen atoms in total. The second kappa shape index (κ2) is 11.0. The van der Waals surface area contributed by atoms with Gasteiger partial charge in [0.25, 0.3) is 0 Å². The fourth-order valence-corrected chi connectivity index (χ4v) is 9.13. The number of piperidine rings is 1. The Morgan fingerprint density at radius 1 is 0.804 bits per heavy atom. The zero-order chi connectivity index (χ0) is 32.3. The van der Waals surface area contributed by atoms with Crippen molar-refractivity contribution in [1.29, 1.82) is 0 Å². The molecule has 0 spiro atoms. The van der Waals surface area contributed by atoms with Crippen LogP contribution in [-0.4, -0.2) is 29.7 Å². The van der Waals surface area contributed by atoms with Crippen molar-refractivity contribution >= 4 is 38.9 Å². The number of allylic oxidation sites excluding steroid dienone is 7. The number of carboxylic acids is 1. The third-order valence-electron chi connectivity index (χ3n) is 11.1. The zero-order valence-electron chi connectivity index (χ0n) is 27.6. The van der Waals surface area contributed by atoms with Crippen LogP contribution in [-0.2, 0) is 15.6 Å². The van der Waals surface area contributed by atoms with Crippen LogP contribution in [0.1, 0.15) is 58.6 Å². The molecular weight excluding hydrogens is 564 g/mol. The van der Waals surface area contributed by atoms with E-state index in [1.807, 2.05) is 6.08 Å². The quantitative estimate of drug-likeness (QED) is 0.221. The monoisotopic (exact) mass is 608 g/mol. The minimum Gasteiger partial charge on any atom is -0.481 e. The number of anilines is 2. The number of hydrogen-bond donors (Lipinski definition) is 1. The van der Waals surface area contributed by atoms with Gasteiger partial charge in [0.2, 0.25) is 0 Å². The van der Waals surface area contributed by atoms with Gasteiger partial charge in [-0.05, 0) is 70.6 Å². The Bertz CT molecular complexity index is 1980.